The van der Waals surface area contributed by atoms with E-state index in [4.69, 9.17) is 15.2 Å². The molecule has 3 N–H and O–H groups in total. The van der Waals surface area contributed by atoms with Crippen molar-refractivity contribution in [2.24, 2.45) is 5.73 Å². The lowest BCUT2D eigenvalue weighted by Gasteiger charge is -2.16. The third-order valence-corrected chi connectivity index (χ3v) is 2.99. The van der Waals surface area contributed by atoms with Crippen LogP contribution in [0.2, 0.25) is 0 Å². The van der Waals surface area contributed by atoms with Crippen LogP contribution in [0.5, 0.6) is 5.75 Å². The van der Waals surface area contributed by atoms with E-state index in [1.807, 2.05) is 25.2 Å². The summed E-state index contributed by atoms with van der Waals surface area (Å²) in [7, 11) is 3.38. The molecule has 5 nitrogen and oxygen atoms in total. The van der Waals surface area contributed by atoms with Crippen molar-refractivity contribution in [1.82, 2.24) is 0 Å². The van der Waals surface area contributed by atoms with E-state index in [0.717, 1.165) is 11.3 Å². The Morgan fingerprint density at radius 2 is 1.87 bits per heavy atom. The molecular formula is C17H21FN2O3. The second-order valence-corrected chi connectivity index (χ2v) is 4.58. The topological polar surface area (TPSA) is 73.6 Å². The van der Waals surface area contributed by atoms with Gasteiger partial charge in [0.05, 0.1) is 7.11 Å². The Bertz CT molecular complexity index is 620. The molecule has 124 valence electrons. The summed E-state index contributed by atoms with van der Waals surface area (Å²) in [6.45, 7) is 1.74. The molecule has 2 aromatic rings. The van der Waals surface area contributed by atoms with Crippen molar-refractivity contribution in [3.63, 3.8) is 0 Å². The predicted octanol–water partition coefficient (Wildman–Crippen LogP) is 3.72. The molecule has 0 aliphatic heterocycles. The molecule has 0 saturated carbocycles. The van der Waals surface area contributed by atoms with Gasteiger partial charge in [-0.3, -0.25) is 0 Å². The van der Waals surface area contributed by atoms with E-state index >= 15 is 0 Å². The first-order chi connectivity index (χ1) is 11.0. The fourth-order valence-corrected chi connectivity index (χ4v) is 1.85. The van der Waals surface area contributed by atoms with Gasteiger partial charge in [0.25, 0.3) is 0 Å². The molecule has 1 amide bonds. The largest absolute Gasteiger partial charge is 0.496 e. The van der Waals surface area contributed by atoms with E-state index in [1.54, 1.807) is 32.2 Å². The fraction of sp³-hybridized carbons (Fsp3) is 0.235. The van der Waals surface area contributed by atoms with Crippen molar-refractivity contribution < 1.29 is 18.7 Å². The maximum Gasteiger partial charge on any atom is 0.405 e. The van der Waals surface area contributed by atoms with Gasteiger partial charge < -0.3 is 20.5 Å². The second-order valence-electron chi connectivity index (χ2n) is 4.58. The summed E-state index contributed by atoms with van der Waals surface area (Å²) in [5, 5.41) is 3.00. The average molecular weight is 320 g/mol. The molecule has 1 atom stereocenters. The number of anilines is 1. The number of hydrogen-bond acceptors (Lipinski definition) is 4. The highest BCUT2D eigenvalue weighted by molar-refractivity contribution is 5.65. The fourth-order valence-electron chi connectivity index (χ4n) is 1.85. The molecular weight excluding hydrogens is 299 g/mol. The van der Waals surface area contributed by atoms with Crippen molar-refractivity contribution in [3.8, 4) is 5.75 Å². The number of primary amides is 1. The lowest BCUT2D eigenvalue weighted by molar-refractivity contribution is 0.115. The van der Waals surface area contributed by atoms with Gasteiger partial charge in [0, 0.05) is 24.4 Å². The highest BCUT2D eigenvalue weighted by Crippen LogP contribution is 2.29. The number of hydrogen-bond donors (Lipinski definition) is 2. The minimum atomic E-state index is -0.799. The molecule has 0 heterocycles. The number of halogens is 1. The predicted molar refractivity (Wildman–Crippen MR) is 88.0 cm³/mol. The molecule has 0 aliphatic rings. The molecule has 0 radical (unpaired) electrons. The van der Waals surface area contributed by atoms with E-state index in [0.29, 0.717) is 5.75 Å². The molecule has 23 heavy (non-hydrogen) atoms. The first-order valence-corrected chi connectivity index (χ1v) is 7.00. The molecule has 0 spiro atoms. The van der Waals surface area contributed by atoms with Gasteiger partial charge in [0.15, 0.2) is 0 Å². The maximum atomic E-state index is 11.9. The van der Waals surface area contributed by atoms with E-state index in [2.05, 4.69) is 5.32 Å². The summed E-state index contributed by atoms with van der Waals surface area (Å²) >= 11 is 0. The van der Waals surface area contributed by atoms with Crippen LogP contribution in [-0.4, -0.2) is 20.3 Å². The van der Waals surface area contributed by atoms with Gasteiger partial charge >= 0.3 is 6.09 Å². The smallest absolute Gasteiger partial charge is 0.405 e. The van der Waals surface area contributed by atoms with E-state index < -0.39 is 12.2 Å². The zero-order chi connectivity index (χ0) is 17.2. The summed E-state index contributed by atoms with van der Waals surface area (Å²) in [6, 6.07) is 13.5. The van der Waals surface area contributed by atoms with Gasteiger partial charge in [-0.05, 0) is 31.2 Å². The van der Waals surface area contributed by atoms with Crippen molar-refractivity contribution in [2.75, 3.05) is 19.5 Å². The number of amides is 1. The summed E-state index contributed by atoms with van der Waals surface area (Å²) in [6.07, 6.45) is -1.23. The molecule has 0 aliphatic carbocycles. The van der Waals surface area contributed by atoms with Crippen LogP contribution in [0.1, 0.15) is 18.6 Å². The zero-order valence-corrected chi connectivity index (χ0v) is 13.4. The third kappa shape index (κ3) is 6.25. The van der Waals surface area contributed by atoms with Crippen LogP contribution in [0.4, 0.5) is 14.9 Å². The Morgan fingerprint density at radius 1 is 1.22 bits per heavy atom. The van der Waals surface area contributed by atoms with E-state index in [1.165, 1.54) is 12.1 Å². The van der Waals surface area contributed by atoms with Crippen molar-refractivity contribution in [2.45, 2.75) is 13.0 Å². The van der Waals surface area contributed by atoms with Gasteiger partial charge in [-0.2, -0.15) is 0 Å². The molecule has 0 bridgehead atoms. The number of methoxy groups -OCH3 is 1. The first kappa shape index (κ1) is 18.3. The number of carbonyl (C=O) groups is 1. The summed E-state index contributed by atoms with van der Waals surface area (Å²) in [4.78, 5) is 10.7. The number of rotatable bonds is 4. The monoisotopic (exact) mass is 320 g/mol. The zero-order valence-electron chi connectivity index (χ0n) is 13.4. The average Bonchev–Trinajstić information content (AvgIpc) is 2.54. The molecule has 0 aromatic heterocycles. The highest BCUT2D eigenvalue weighted by atomic mass is 19.1. The number of nitrogens with two attached hydrogens (primary N) is 1. The normalized spacial score (nSPS) is 10.8. The van der Waals surface area contributed by atoms with Gasteiger partial charge in [-0.15, -0.1) is 0 Å². The quantitative estimate of drug-likeness (QED) is 0.900. The van der Waals surface area contributed by atoms with Gasteiger partial charge in [0.2, 0.25) is 0 Å². The van der Waals surface area contributed by atoms with Crippen molar-refractivity contribution in [3.05, 3.63) is 59.9 Å². The number of benzene rings is 2. The summed E-state index contributed by atoms with van der Waals surface area (Å²) in [5.41, 5.74) is 6.67. The first-order valence-electron chi connectivity index (χ1n) is 7.00. The van der Waals surface area contributed by atoms with Crippen LogP contribution in [0.25, 0.3) is 0 Å². The Labute approximate surface area is 135 Å². The number of nitrogens with one attached hydrogen (secondary N) is 1. The lowest BCUT2D eigenvalue weighted by Crippen LogP contribution is -2.16. The van der Waals surface area contributed by atoms with Crippen LogP contribution in [0.3, 0.4) is 0 Å². The van der Waals surface area contributed by atoms with Crippen molar-refractivity contribution >= 4 is 11.8 Å². The molecule has 2 rings (SSSR count). The summed E-state index contributed by atoms with van der Waals surface area (Å²) < 4.78 is 22.0. The van der Waals surface area contributed by atoms with E-state index in [-0.39, 0.29) is 5.82 Å². The highest BCUT2D eigenvalue weighted by Gasteiger charge is 2.14. The Hall–Kier alpha value is -2.76. The molecule has 0 saturated heterocycles. The maximum absolute atomic E-state index is 11.9. The number of ether oxygens (including phenoxy) is 2. The van der Waals surface area contributed by atoms with Crippen LogP contribution in [0, 0.1) is 5.82 Å². The van der Waals surface area contributed by atoms with Crippen LogP contribution in [-0.2, 0) is 4.74 Å². The molecule has 6 heteroatoms. The minimum Gasteiger partial charge on any atom is -0.496 e. The molecule has 1 unspecified atom stereocenters. The third-order valence-electron chi connectivity index (χ3n) is 2.99. The standard InChI is InChI=1S/C11H16N2O3.C6H5F/c1-7(16-11(12)14)9-5-4-8(13-2)6-10(9)15-3;7-6-4-2-1-3-5-6/h4-7,13H,1-3H3,(H2,12,14);1-5H. The second kappa shape index (κ2) is 9.30. The van der Waals surface area contributed by atoms with Gasteiger partial charge in [-0.25, -0.2) is 9.18 Å². The molecule has 0 fully saturated rings. The lowest BCUT2D eigenvalue weighted by atomic mass is 10.1. The van der Waals surface area contributed by atoms with E-state index in [9.17, 15) is 9.18 Å². The van der Waals surface area contributed by atoms with Crippen LogP contribution in [0.15, 0.2) is 48.5 Å². The van der Waals surface area contributed by atoms with Crippen molar-refractivity contribution in [1.29, 1.82) is 0 Å². The number of carbonyl (C=O) groups excluding carboxylic acids is 1. The summed E-state index contributed by atoms with van der Waals surface area (Å²) in [5.74, 6) is 0.475. The molecule has 2 aromatic carbocycles. The Kier molecular flexibility index (Phi) is 7.39. The van der Waals surface area contributed by atoms with Gasteiger partial charge in [-0.1, -0.05) is 18.2 Å². The minimum absolute atomic E-state index is 0.178. The van der Waals surface area contributed by atoms with Gasteiger partial charge in [0.1, 0.15) is 17.7 Å². The SMILES string of the molecule is CNc1ccc(C(C)OC(N)=O)c(OC)c1.Fc1ccccc1. The van der Waals surface area contributed by atoms with Crippen LogP contribution < -0.4 is 15.8 Å². The Balaban J connectivity index is 0.000000313. The Morgan fingerprint density at radius 3 is 2.30 bits per heavy atom. The van der Waals surface area contributed by atoms with Crippen LogP contribution >= 0.6 is 0 Å².